The van der Waals surface area contributed by atoms with Crippen molar-refractivity contribution in [2.24, 2.45) is 0 Å². The molecule has 1 aliphatic rings. The zero-order chi connectivity index (χ0) is 22.0. The largest absolute Gasteiger partial charge is 0.507 e. The van der Waals surface area contributed by atoms with Gasteiger partial charge in [0.25, 0.3) is 11.7 Å². The van der Waals surface area contributed by atoms with Crippen LogP contribution in [0.4, 0.5) is 0 Å². The molecular weight excluding hydrogens is 462 g/mol. The van der Waals surface area contributed by atoms with Crippen molar-refractivity contribution in [3.63, 3.8) is 0 Å². The molecule has 0 saturated carbocycles. The highest BCUT2D eigenvalue weighted by Crippen LogP contribution is 2.40. The SMILES string of the molecule is CCOc1ccc(C2C(=C(O)c3ccc(Br)cc3)C(=O)C(=O)N2Cc2ccco2)cc1. The first-order valence-corrected chi connectivity index (χ1v) is 10.6. The third-order valence-corrected chi connectivity index (χ3v) is 5.60. The Morgan fingerprint density at radius 1 is 1.10 bits per heavy atom. The Morgan fingerprint density at radius 2 is 1.81 bits per heavy atom. The highest BCUT2D eigenvalue weighted by Gasteiger charge is 2.46. The minimum absolute atomic E-state index is 0.0445. The smallest absolute Gasteiger partial charge is 0.296 e. The highest BCUT2D eigenvalue weighted by atomic mass is 79.9. The standard InChI is InChI=1S/C24H20BrNO5/c1-2-30-18-11-7-15(8-12-18)21-20(22(27)16-5-9-17(25)10-6-16)23(28)24(29)26(21)14-19-4-3-13-31-19/h3-13,21,27H,2,14H2,1H3. The first-order valence-electron chi connectivity index (χ1n) is 9.79. The number of halogens is 1. The fourth-order valence-corrected chi connectivity index (χ4v) is 3.90. The quantitative estimate of drug-likeness (QED) is 0.302. The van der Waals surface area contributed by atoms with E-state index >= 15 is 0 Å². The number of likely N-dealkylation sites (tertiary alicyclic amines) is 1. The normalized spacial score (nSPS) is 17.9. The first kappa shape index (κ1) is 20.9. The van der Waals surface area contributed by atoms with E-state index in [0.29, 0.717) is 29.2 Å². The molecule has 2 aromatic carbocycles. The molecule has 0 radical (unpaired) electrons. The molecule has 1 atom stereocenters. The molecular formula is C24H20BrNO5. The van der Waals surface area contributed by atoms with E-state index in [4.69, 9.17) is 9.15 Å². The summed E-state index contributed by atoms with van der Waals surface area (Å²) in [6.07, 6.45) is 1.51. The molecule has 1 aliphatic heterocycles. The summed E-state index contributed by atoms with van der Waals surface area (Å²) >= 11 is 3.36. The Hall–Kier alpha value is -3.32. The van der Waals surface area contributed by atoms with Crippen LogP contribution < -0.4 is 4.74 Å². The monoisotopic (exact) mass is 481 g/mol. The number of hydrogen-bond acceptors (Lipinski definition) is 5. The molecule has 0 bridgehead atoms. The average Bonchev–Trinajstić information content (AvgIpc) is 3.37. The van der Waals surface area contributed by atoms with Crippen LogP contribution in [-0.2, 0) is 16.1 Å². The Morgan fingerprint density at radius 3 is 2.42 bits per heavy atom. The van der Waals surface area contributed by atoms with Crippen LogP contribution in [0.2, 0.25) is 0 Å². The summed E-state index contributed by atoms with van der Waals surface area (Å²) in [5.74, 6) is -0.407. The summed E-state index contributed by atoms with van der Waals surface area (Å²) < 4.78 is 11.7. The number of carbonyl (C=O) groups excluding carboxylic acids is 2. The zero-order valence-corrected chi connectivity index (χ0v) is 18.3. The summed E-state index contributed by atoms with van der Waals surface area (Å²) in [6.45, 7) is 2.52. The lowest BCUT2D eigenvalue weighted by Crippen LogP contribution is -2.29. The molecule has 3 aromatic rings. The Kier molecular flexibility index (Phi) is 5.95. The Labute approximate surface area is 187 Å². The molecule has 2 heterocycles. The van der Waals surface area contributed by atoms with Crippen LogP contribution in [0, 0.1) is 0 Å². The predicted octanol–water partition coefficient (Wildman–Crippen LogP) is 5.06. The zero-order valence-electron chi connectivity index (χ0n) is 16.7. The van der Waals surface area contributed by atoms with Crippen molar-refractivity contribution in [1.82, 2.24) is 4.90 Å². The molecule has 0 spiro atoms. The topological polar surface area (TPSA) is 80.0 Å². The van der Waals surface area contributed by atoms with E-state index in [1.807, 2.05) is 6.92 Å². The van der Waals surface area contributed by atoms with Gasteiger partial charge in [-0.25, -0.2) is 0 Å². The molecule has 1 saturated heterocycles. The van der Waals surface area contributed by atoms with E-state index in [0.717, 1.165) is 4.47 Å². The molecule has 1 N–H and O–H groups in total. The van der Waals surface area contributed by atoms with Crippen LogP contribution >= 0.6 is 15.9 Å². The number of ketones is 1. The van der Waals surface area contributed by atoms with Gasteiger partial charge in [0, 0.05) is 10.0 Å². The van der Waals surface area contributed by atoms with Gasteiger partial charge in [-0.3, -0.25) is 9.59 Å². The summed E-state index contributed by atoms with van der Waals surface area (Å²) in [5.41, 5.74) is 1.19. The maximum Gasteiger partial charge on any atom is 0.296 e. The molecule has 1 fully saturated rings. The number of ether oxygens (including phenoxy) is 1. The number of aliphatic hydroxyl groups is 1. The van der Waals surface area contributed by atoms with Gasteiger partial charge in [-0.1, -0.05) is 40.2 Å². The van der Waals surface area contributed by atoms with Crippen LogP contribution in [-0.4, -0.2) is 28.3 Å². The predicted molar refractivity (Wildman–Crippen MR) is 118 cm³/mol. The number of Topliss-reactive ketones (excluding diaryl/α,β-unsaturated/α-hetero) is 1. The summed E-state index contributed by atoms with van der Waals surface area (Å²) in [4.78, 5) is 27.4. The van der Waals surface area contributed by atoms with Gasteiger partial charge < -0.3 is 19.2 Å². The average molecular weight is 482 g/mol. The molecule has 1 unspecified atom stereocenters. The van der Waals surface area contributed by atoms with E-state index in [9.17, 15) is 14.7 Å². The van der Waals surface area contributed by atoms with Gasteiger partial charge in [-0.05, 0) is 48.9 Å². The number of hydrogen-bond donors (Lipinski definition) is 1. The van der Waals surface area contributed by atoms with Crippen LogP contribution in [0.15, 0.2) is 81.4 Å². The van der Waals surface area contributed by atoms with Crippen molar-refractivity contribution in [1.29, 1.82) is 0 Å². The number of nitrogens with zero attached hydrogens (tertiary/aromatic N) is 1. The molecule has 31 heavy (non-hydrogen) atoms. The van der Waals surface area contributed by atoms with Gasteiger partial charge in [-0.2, -0.15) is 0 Å². The summed E-state index contributed by atoms with van der Waals surface area (Å²) in [6, 6.07) is 16.8. The second kappa shape index (κ2) is 8.81. The van der Waals surface area contributed by atoms with E-state index in [1.54, 1.807) is 60.7 Å². The van der Waals surface area contributed by atoms with Crippen LogP contribution in [0.3, 0.4) is 0 Å². The second-order valence-electron chi connectivity index (χ2n) is 7.02. The lowest BCUT2D eigenvalue weighted by atomic mass is 9.95. The summed E-state index contributed by atoms with van der Waals surface area (Å²) in [7, 11) is 0. The lowest BCUT2D eigenvalue weighted by Gasteiger charge is -2.24. The van der Waals surface area contributed by atoms with Crippen LogP contribution in [0.5, 0.6) is 5.75 Å². The fourth-order valence-electron chi connectivity index (χ4n) is 3.64. The fraction of sp³-hybridized carbons (Fsp3) is 0.167. The maximum atomic E-state index is 13.0. The van der Waals surface area contributed by atoms with Crippen LogP contribution in [0.1, 0.15) is 29.9 Å². The number of aliphatic hydroxyl groups excluding tert-OH is 1. The lowest BCUT2D eigenvalue weighted by molar-refractivity contribution is -0.140. The number of benzene rings is 2. The molecule has 1 amide bonds. The molecule has 1 aromatic heterocycles. The van der Waals surface area contributed by atoms with Crippen molar-refractivity contribution in [2.45, 2.75) is 19.5 Å². The summed E-state index contributed by atoms with van der Waals surface area (Å²) in [5, 5.41) is 11.0. The second-order valence-corrected chi connectivity index (χ2v) is 7.93. The number of rotatable bonds is 6. The molecule has 158 valence electrons. The van der Waals surface area contributed by atoms with Crippen molar-refractivity contribution < 1.29 is 23.8 Å². The number of amides is 1. The van der Waals surface area contributed by atoms with E-state index < -0.39 is 17.7 Å². The minimum atomic E-state index is -0.760. The van der Waals surface area contributed by atoms with Gasteiger partial charge >= 0.3 is 0 Å². The van der Waals surface area contributed by atoms with Gasteiger partial charge in [0.2, 0.25) is 0 Å². The highest BCUT2D eigenvalue weighted by molar-refractivity contribution is 9.10. The molecule has 0 aliphatic carbocycles. The van der Waals surface area contributed by atoms with Gasteiger partial charge in [-0.15, -0.1) is 0 Å². The van der Waals surface area contributed by atoms with Crippen LogP contribution in [0.25, 0.3) is 5.76 Å². The van der Waals surface area contributed by atoms with E-state index in [2.05, 4.69) is 15.9 Å². The molecule has 7 heteroatoms. The number of furan rings is 1. The Bertz CT molecular complexity index is 1120. The minimum Gasteiger partial charge on any atom is -0.507 e. The van der Waals surface area contributed by atoms with Gasteiger partial charge in [0.15, 0.2) is 0 Å². The van der Waals surface area contributed by atoms with E-state index in [1.165, 1.54) is 11.2 Å². The van der Waals surface area contributed by atoms with Crippen molar-refractivity contribution >= 4 is 33.4 Å². The number of carbonyl (C=O) groups is 2. The third kappa shape index (κ3) is 4.14. The van der Waals surface area contributed by atoms with Crippen molar-refractivity contribution in [3.8, 4) is 5.75 Å². The third-order valence-electron chi connectivity index (χ3n) is 5.07. The molecule has 6 nitrogen and oxygen atoms in total. The first-order chi connectivity index (χ1) is 15.0. The molecule has 4 rings (SSSR count). The Balaban J connectivity index is 1.82. The van der Waals surface area contributed by atoms with Gasteiger partial charge in [0.05, 0.1) is 31.0 Å². The van der Waals surface area contributed by atoms with Crippen molar-refractivity contribution in [3.05, 3.63) is 93.9 Å². The van der Waals surface area contributed by atoms with Crippen molar-refractivity contribution in [2.75, 3.05) is 6.61 Å². The maximum absolute atomic E-state index is 13.0. The van der Waals surface area contributed by atoms with E-state index in [-0.39, 0.29) is 17.9 Å². The van der Waals surface area contributed by atoms with Gasteiger partial charge in [0.1, 0.15) is 17.3 Å².